The van der Waals surface area contributed by atoms with E-state index in [1.807, 2.05) is 0 Å². The summed E-state index contributed by atoms with van der Waals surface area (Å²) in [5.74, 6) is 0. The summed E-state index contributed by atoms with van der Waals surface area (Å²) < 4.78 is 0. The lowest BCUT2D eigenvalue weighted by Gasteiger charge is -2.29. The minimum atomic E-state index is 0.247. The van der Waals surface area contributed by atoms with Crippen LogP contribution in [0.15, 0.2) is 35.5 Å². The Morgan fingerprint density at radius 1 is 1.33 bits per heavy atom. The molecule has 1 aromatic carbocycles. The highest BCUT2D eigenvalue weighted by Gasteiger charge is 2.43. The summed E-state index contributed by atoms with van der Waals surface area (Å²) in [4.78, 5) is 2.56. The van der Waals surface area contributed by atoms with Crippen molar-refractivity contribution in [2.24, 2.45) is 5.16 Å². The smallest absolute Gasteiger partial charge is 0.0599 e. The molecule has 1 aromatic rings. The topological polar surface area (TPSA) is 35.8 Å². The monoisotopic (exact) mass is 244 g/mol. The molecule has 3 rings (SSSR count). The van der Waals surface area contributed by atoms with Gasteiger partial charge >= 0.3 is 0 Å². The molecule has 1 N–H and O–H groups in total. The molecule has 3 nitrogen and oxygen atoms in total. The summed E-state index contributed by atoms with van der Waals surface area (Å²) in [5, 5.41) is 12.3. The molecule has 0 spiro atoms. The highest BCUT2D eigenvalue weighted by atomic mass is 16.4. The van der Waals surface area contributed by atoms with Crippen LogP contribution in [0.25, 0.3) is 0 Å². The quantitative estimate of drug-likeness (QED) is 0.609. The fraction of sp³-hybridized carbons (Fsp3) is 0.533. The number of piperidine rings is 1. The predicted molar refractivity (Wildman–Crippen MR) is 72.2 cm³/mol. The summed E-state index contributed by atoms with van der Waals surface area (Å²) in [5.41, 5.74) is 2.65. The maximum absolute atomic E-state index is 8.93. The fourth-order valence-electron chi connectivity index (χ4n) is 3.54. The van der Waals surface area contributed by atoms with Crippen LogP contribution in [-0.4, -0.2) is 35.0 Å². The number of rotatable bonds is 1. The maximum Gasteiger partial charge on any atom is 0.0599 e. The van der Waals surface area contributed by atoms with Crippen molar-refractivity contribution in [1.82, 2.24) is 4.90 Å². The number of fused-ring (bicyclic) bond motifs is 1. The van der Waals surface area contributed by atoms with Gasteiger partial charge in [-0.1, -0.05) is 42.4 Å². The molecule has 0 saturated carbocycles. The van der Waals surface area contributed by atoms with Crippen molar-refractivity contribution in [2.45, 2.75) is 37.6 Å². The standard InChI is InChI=1S/C15H20N2O/c1-15(12-5-3-2-4-6-12)10-14-9-13(16-18)7-8-17(14)11-15/h2-6,14,18H,7-11H2,1H3. The number of nitrogens with zero attached hydrogens (tertiary/aromatic N) is 2. The molecule has 2 saturated heterocycles. The molecule has 2 unspecified atom stereocenters. The third kappa shape index (κ3) is 1.93. The van der Waals surface area contributed by atoms with Crippen molar-refractivity contribution >= 4 is 5.71 Å². The van der Waals surface area contributed by atoms with Crippen LogP contribution in [0.4, 0.5) is 0 Å². The molecular weight excluding hydrogens is 224 g/mol. The first-order chi connectivity index (χ1) is 8.71. The van der Waals surface area contributed by atoms with Crippen LogP contribution in [0.2, 0.25) is 0 Å². The number of benzene rings is 1. The van der Waals surface area contributed by atoms with Gasteiger partial charge in [0.2, 0.25) is 0 Å². The van der Waals surface area contributed by atoms with Gasteiger partial charge in [-0.2, -0.15) is 0 Å². The molecule has 2 aliphatic heterocycles. The van der Waals surface area contributed by atoms with Crippen LogP contribution >= 0.6 is 0 Å². The lowest BCUT2D eigenvalue weighted by atomic mass is 9.80. The van der Waals surface area contributed by atoms with Crippen molar-refractivity contribution in [3.63, 3.8) is 0 Å². The van der Waals surface area contributed by atoms with Crippen LogP contribution in [-0.2, 0) is 5.41 Å². The van der Waals surface area contributed by atoms with Crippen molar-refractivity contribution < 1.29 is 5.21 Å². The van der Waals surface area contributed by atoms with Crippen molar-refractivity contribution in [3.8, 4) is 0 Å². The Hall–Kier alpha value is -1.35. The molecule has 2 heterocycles. The number of hydrogen-bond donors (Lipinski definition) is 1. The van der Waals surface area contributed by atoms with Gasteiger partial charge in [-0.15, -0.1) is 0 Å². The minimum Gasteiger partial charge on any atom is -0.411 e. The molecule has 2 aliphatic rings. The second-order valence-corrected chi connectivity index (χ2v) is 5.88. The SMILES string of the molecule is CC1(c2ccccc2)CC2CC(=NO)CCN2C1. The number of hydrogen-bond acceptors (Lipinski definition) is 3. The maximum atomic E-state index is 8.93. The first kappa shape index (κ1) is 11.7. The summed E-state index contributed by atoms with van der Waals surface area (Å²) in [6.45, 7) is 4.52. The molecule has 18 heavy (non-hydrogen) atoms. The van der Waals surface area contributed by atoms with E-state index in [9.17, 15) is 0 Å². The van der Waals surface area contributed by atoms with E-state index in [4.69, 9.17) is 5.21 Å². The lowest BCUT2D eigenvalue weighted by Crippen LogP contribution is -2.38. The Bertz CT molecular complexity index is 457. The normalized spacial score (nSPS) is 34.7. The van der Waals surface area contributed by atoms with Crippen molar-refractivity contribution in [2.75, 3.05) is 13.1 Å². The van der Waals surface area contributed by atoms with Crippen LogP contribution in [0.5, 0.6) is 0 Å². The van der Waals surface area contributed by atoms with Gasteiger partial charge in [-0.3, -0.25) is 4.90 Å². The Balaban J connectivity index is 1.82. The zero-order valence-electron chi connectivity index (χ0n) is 10.8. The van der Waals surface area contributed by atoms with Crippen LogP contribution in [0.3, 0.4) is 0 Å². The van der Waals surface area contributed by atoms with Crippen molar-refractivity contribution in [3.05, 3.63) is 35.9 Å². The molecule has 0 bridgehead atoms. The van der Waals surface area contributed by atoms with Gasteiger partial charge in [0.15, 0.2) is 0 Å². The minimum absolute atomic E-state index is 0.247. The zero-order chi connectivity index (χ0) is 12.6. The fourth-order valence-corrected chi connectivity index (χ4v) is 3.54. The predicted octanol–water partition coefficient (Wildman–Crippen LogP) is 2.64. The summed E-state index contributed by atoms with van der Waals surface area (Å²) in [6, 6.07) is 11.3. The molecular formula is C15H20N2O. The average molecular weight is 244 g/mol. The van der Waals surface area contributed by atoms with E-state index in [2.05, 4.69) is 47.3 Å². The molecule has 2 fully saturated rings. The first-order valence-electron chi connectivity index (χ1n) is 6.71. The van der Waals surface area contributed by atoms with Crippen LogP contribution in [0, 0.1) is 0 Å². The Morgan fingerprint density at radius 3 is 2.83 bits per heavy atom. The third-order valence-corrected chi connectivity index (χ3v) is 4.53. The Labute approximate surface area is 108 Å². The van der Waals surface area contributed by atoms with Crippen LogP contribution < -0.4 is 0 Å². The summed E-state index contributed by atoms with van der Waals surface area (Å²) in [7, 11) is 0. The van der Waals surface area contributed by atoms with Gasteiger partial charge in [0.1, 0.15) is 0 Å². The molecule has 2 atom stereocenters. The lowest BCUT2D eigenvalue weighted by molar-refractivity contribution is 0.236. The van der Waals surface area contributed by atoms with Crippen LogP contribution in [0.1, 0.15) is 31.7 Å². The summed E-state index contributed by atoms with van der Waals surface area (Å²) in [6.07, 6.45) is 3.01. The molecule has 0 aromatic heterocycles. The molecule has 0 radical (unpaired) electrons. The molecule has 96 valence electrons. The second kappa shape index (κ2) is 4.39. The molecule has 0 aliphatic carbocycles. The molecule has 0 amide bonds. The largest absolute Gasteiger partial charge is 0.411 e. The Kier molecular flexibility index (Phi) is 2.86. The zero-order valence-corrected chi connectivity index (χ0v) is 10.8. The van der Waals surface area contributed by atoms with E-state index in [0.717, 1.165) is 38.1 Å². The number of oxime groups is 1. The molecule has 3 heteroatoms. The highest BCUT2D eigenvalue weighted by molar-refractivity contribution is 5.85. The van der Waals surface area contributed by atoms with Crippen molar-refractivity contribution in [1.29, 1.82) is 0 Å². The van der Waals surface area contributed by atoms with Gasteiger partial charge < -0.3 is 5.21 Å². The Morgan fingerprint density at radius 2 is 2.11 bits per heavy atom. The van der Waals surface area contributed by atoms with Gasteiger partial charge in [0.25, 0.3) is 0 Å². The average Bonchev–Trinajstić information content (AvgIpc) is 2.76. The second-order valence-electron chi connectivity index (χ2n) is 5.88. The first-order valence-corrected chi connectivity index (χ1v) is 6.71. The van der Waals surface area contributed by atoms with E-state index in [1.165, 1.54) is 5.56 Å². The summed E-state index contributed by atoms with van der Waals surface area (Å²) >= 11 is 0. The van der Waals surface area contributed by atoms with E-state index >= 15 is 0 Å². The van der Waals surface area contributed by atoms with Gasteiger partial charge in [-0.05, 0) is 12.0 Å². The van der Waals surface area contributed by atoms with E-state index < -0.39 is 0 Å². The van der Waals surface area contributed by atoms with E-state index in [1.54, 1.807) is 0 Å². The van der Waals surface area contributed by atoms with Gasteiger partial charge in [0, 0.05) is 37.4 Å². The highest BCUT2D eigenvalue weighted by Crippen LogP contribution is 2.40. The van der Waals surface area contributed by atoms with Gasteiger partial charge in [0.05, 0.1) is 5.71 Å². The van der Waals surface area contributed by atoms with E-state index in [-0.39, 0.29) is 5.41 Å². The van der Waals surface area contributed by atoms with E-state index in [0.29, 0.717) is 6.04 Å². The van der Waals surface area contributed by atoms with Gasteiger partial charge in [-0.25, -0.2) is 0 Å². The third-order valence-electron chi connectivity index (χ3n) is 4.53.